The van der Waals surface area contributed by atoms with E-state index in [-0.39, 0.29) is 12.5 Å². The van der Waals surface area contributed by atoms with E-state index in [1.54, 1.807) is 50.2 Å². The Balaban J connectivity index is 2.53. The van der Waals surface area contributed by atoms with Crippen LogP contribution in [0.25, 0.3) is 0 Å². The molecule has 0 aliphatic heterocycles. The molecule has 0 aliphatic rings. The Morgan fingerprint density at radius 3 is 2.19 bits per heavy atom. The molecule has 2 aromatic rings. The number of hydrogen-bond donors (Lipinski definition) is 1. The second-order valence-corrected chi connectivity index (χ2v) is 12.7. The van der Waals surface area contributed by atoms with Crippen LogP contribution in [0.1, 0.15) is 45.2 Å². The zero-order valence-electron chi connectivity index (χ0n) is 21.2. The molecule has 2 aromatic carbocycles. The summed E-state index contributed by atoms with van der Waals surface area (Å²) in [6.45, 7) is 8.51. The highest BCUT2D eigenvalue weighted by Gasteiger charge is 2.33. The van der Waals surface area contributed by atoms with Gasteiger partial charge in [-0.25, -0.2) is 8.42 Å². The Morgan fingerprint density at radius 2 is 1.67 bits per heavy atom. The molecule has 0 heterocycles. The first-order chi connectivity index (χ1) is 16.5. The van der Waals surface area contributed by atoms with Gasteiger partial charge >= 0.3 is 0 Å². The number of benzene rings is 2. The topological polar surface area (TPSA) is 86.8 Å². The fourth-order valence-corrected chi connectivity index (χ4v) is 5.06. The van der Waals surface area contributed by atoms with E-state index >= 15 is 0 Å². The lowest BCUT2D eigenvalue weighted by atomic mass is 10.1. The predicted octanol–water partition coefficient (Wildman–Crippen LogP) is 5.44. The van der Waals surface area contributed by atoms with E-state index in [1.165, 1.54) is 4.90 Å². The maximum Gasteiger partial charge on any atom is 0.244 e. The molecule has 1 unspecified atom stereocenters. The van der Waals surface area contributed by atoms with Gasteiger partial charge in [0.15, 0.2) is 0 Å². The first-order valence-electron chi connectivity index (χ1n) is 11.3. The molecule has 0 saturated carbocycles. The molecule has 0 aliphatic carbocycles. The van der Waals surface area contributed by atoms with E-state index in [0.29, 0.717) is 38.3 Å². The predicted molar refractivity (Wildman–Crippen MR) is 147 cm³/mol. The minimum Gasteiger partial charge on any atom is -0.350 e. The maximum absolute atomic E-state index is 13.7. The molecule has 7 nitrogen and oxygen atoms in total. The average molecular weight is 577 g/mol. The molecule has 0 fully saturated rings. The van der Waals surface area contributed by atoms with E-state index in [0.717, 1.165) is 10.6 Å². The SMILES string of the molecule is CCC(C(=O)NC(C)(C)C)N(Cc1ccc(Cl)c(Cl)c1)C(=O)CN(c1cccc(Cl)c1C)S(C)(=O)=O. The second kappa shape index (κ2) is 12.0. The van der Waals surface area contributed by atoms with Gasteiger partial charge in [-0.2, -0.15) is 0 Å². The summed E-state index contributed by atoms with van der Waals surface area (Å²) in [5, 5.41) is 3.95. The summed E-state index contributed by atoms with van der Waals surface area (Å²) in [5.74, 6) is -0.898. The fourth-order valence-electron chi connectivity index (χ4n) is 3.67. The van der Waals surface area contributed by atoms with Gasteiger partial charge in [-0.1, -0.05) is 53.9 Å². The van der Waals surface area contributed by atoms with Crippen LogP contribution in [0, 0.1) is 6.92 Å². The van der Waals surface area contributed by atoms with Gasteiger partial charge in [0.25, 0.3) is 0 Å². The molecule has 2 amide bonds. The maximum atomic E-state index is 13.7. The van der Waals surface area contributed by atoms with E-state index in [4.69, 9.17) is 34.8 Å². The number of rotatable bonds is 9. The summed E-state index contributed by atoms with van der Waals surface area (Å²) in [4.78, 5) is 28.3. The molecular formula is C25H32Cl3N3O4S. The Labute approximate surface area is 228 Å². The molecule has 0 radical (unpaired) electrons. The Hall–Kier alpha value is -2.00. The van der Waals surface area contributed by atoms with Crippen LogP contribution in [0.15, 0.2) is 36.4 Å². The number of nitrogens with zero attached hydrogens (tertiary/aromatic N) is 2. The highest BCUT2D eigenvalue weighted by molar-refractivity contribution is 7.92. The van der Waals surface area contributed by atoms with Crippen molar-refractivity contribution in [3.8, 4) is 0 Å². The molecule has 0 spiro atoms. The minimum absolute atomic E-state index is 0.0257. The van der Waals surface area contributed by atoms with Gasteiger partial charge in [-0.3, -0.25) is 13.9 Å². The number of carbonyl (C=O) groups is 2. The number of carbonyl (C=O) groups excluding carboxylic acids is 2. The van der Waals surface area contributed by atoms with Crippen molar-refractivity contribution in [1.82, 2.24) is 10.2 Å². The van der Waals surface area contributed by atoms with Crippen LogP contribution in [0.2, 0.25) is 15.1 Å². The molecular weight excluding hydrogens is 545 g/mol. The molecule has 2 rings (SSSR count). The fraction of sp³-hybridized carbons (Fsp3) is 0.440. The highest BCUT2D eigenvalue weighted by Crippen LogP contribution is 2.29. The summed E-state index contributed by atoms with van der Waals surface area (Å²) in [7, 11) is -3.86. The van der Waals surface area contributed by atoms with Gasteiger partial charge in [-0.05, 0) is 69.5 Å². The Kier molecular flexibility index (Phi) is 10.1. The van der Waals surface area contributed by atoms with E-state index in [9.17, 15) is 18.0 Å². The summed E-state index contributed by atoms with van der Waals surface area (Å²) in [6.07, 6.45) is 1.33. The van der Waals surface area contributed by atoms with Crippen LogP contribution in [0.3, 0.4) is 0 Å². The lowest BCUT2D eigenvalue weighted by Crippen LogP contribution is -2.55. The third kappa shape index (κ3) is 8.00. The van der Waals surface area contributed by atoms with E-state index in [2.05, 4.69) is 5.32 Å². The first kappa shape index (κ1) is 30.2. The van der Waals surface area contributed by atoms with Crippen molar-refractivity contribution in [2.75, 3.05) is 17.1 Å². The summed E-state index contributed by atoms with van der Waals surface area (Å²) in [6, 6.07) is 8.92. The highest BCUT2D eigenvalue weighted by atomic mass is 35.5. The molecule has 1 atom stereocenters. The third-order valence-electron chi connectivity index (χ3n) is 5.41. The minimum atomic E-state index is -3.86. The van der Waals surface area contributed by atoms with Crippen LogP contribution in [0.4, 0.5) is 5.69 Å². The van der Waals surface area contributed by atoms with Crippen molar-refractivity contribution < 1.29 is 18.0 Å². The molecule has 11 heteroatoms. The van der Waals surface area contributed by atoms with E-state index < -0.39 is 34.1 Å². The van der Waals surface area contributed by atoms with E-state index in [1.807, 2.05) is 20.8 Å². The molecule has 198 valence electrons. The summed E-state index contributed by atoms with van der Waals surface area (Å²) >= 11 is 18.5. The normalized spacial score (nSPS) is 12.7. The Morgan fingerprint density at radius 1 is 1.03 bits per heavy atom. The average Bonchev–Trinajstić information content (AvgIpc) is 2.74. The largest absolute Gasteiger partial charge is 0.350 e. The molecule has 0 aromatic heterocycles. The van der Waals surface area contributed by atoms with Crippen LogP contribution >= 0.6 is 34.8 Å². The van der Waals surface area contributed by atoms with Crippen molar-refractivity contribution >= 4 is 62.3 Å². The molecule has 0 bridgehead atoms. The van der Waals surface area contributed by atoms with Crippen LogP contribution < -0.4 is 9.62 Å². The van der Waals surface area contributed by atoms with Gasteiger partial charge < -0.3 is 10.2 Å². The van der Waals surface area contributed by atoms with Crippen molar-refractivity contribution in [2.24, 2.45) is 0 Å². The number of amides is 2. The van der Waals surface area contributed by atoms with Gasteiger partial charge in [-0.15, -0.1) is 0 Å². The summed E-state index contributed by atoms with van der Waals surface area (Å²) in [5.41, 5.74) is 0.926. The number of sulfonamides is 1. The van der Waals surface area contributed by atoms with Gasteiger partial charge in [0, 0.05) is 17.1 Å². The Bertz CT molecular complexity index is 1230. The number of halogens is 3. The van der Waals surface area contributed by atoms with Crippen molar-refractivity contribution in [3.05, 3.63) is 62.6 Å². The quantitative estimate of drug-likeness (QED) is 0.430. The van der Waals surface area contributed by atoms with Crippen molar-refractivity contribution in [2.45, 2.75) is 59.2 Å². The lowest BCUT2D eigenvalue weighted by molar-refractivity contribution is -0.141. The number of hydrogen-bond acceptors (Lipinski definition) is 4. The summed E-state index contributed by atoms with van der Waals surface area (Å²) < 4.78 is 26.5. The second-order valence-electron chi connectivity index (χ2n) is 9.59. The number of anilines is 1. The zero-order valence-corrected chi connectivity index (χ0v) is 24.3. The zero-order chi connectivity index (χ0) is 27.4. The molecule has 0 saturated heterocycles. The van der Waals surface area contributed by atoms with Crippen molar-refractivity contribution in [3.63, 3.8) is 0 Å². The standard InChI is InChI=1S/C25H32Cl3N3O4S/c1-7-21(24(33)29-25(3,4)5)30(14-17-11-12-19(27)20(28)13-17)23(32)15-31(36(6,34)35)22-10-8-9-18(26)16(22)2/h8-13,21H,7,14-15H2,1-6H3,(H,29,33). The smallest absolute Gasteiger partial charge is 0.244 e. The van der Waals surface area contributed by atoms with Gasteiger partial charge in [0.2, 0.25) is 21.8 Å². The van der Waals surface area contributed by atoms with Gasteiger partial charge in [0.05, 0.1) is 22.0 Å². The lowest BCUT2D eigenvalue weighted by Gasteiger charge is -2.34. The third-order valence-corrected chi connectivity index (χ3v) is 7.68. The molecule has 36 heavy (non-hydrogen) atoms. The van der Waals surface area contributed by atoms with Crippen molar-refractivity contribution in [1.29, 1.82) is 0 Å². The van der Waals surface area contributed by atoms with Crippen LogP contribution in [-0.2, 0) is 26.2 Å². The van der Waals surface area contributed by atoms with Crippen LogP contribution in [-0.4, -0.2) is 49.5 Å². The van der Waals surface area contributed by atoms with Gasteiger partial charge in [0.1, 0.15) is 12.6 Å². The first-order valence-corrected chi connectivity index (χ1v) is 14.3. The van der Waals surface area contributed by atoms with Crippen LogP contribution in [0.5, 0.6) is 0 Å². The molecule has 1 N–H and O–H groups in total. The number of nitrogens with one attached hydrogen (secondary N) is 1. The monoisotopic (exact) mass is 575 g/mol.